The Balaban J connectivity index is 2.35. The van der Waals surface area contributed by atoms with Crippen LogP contribution in [-0.4, -0.2) is 15.3 Å². The molecule has 1 rings (SSSR count). The summed E-state index contributed by atoms with van der Waals surface area (Å²) in [6, 6.07) is 0. The minimum Gasteiger partial charge on any atom is -0.261 e. The van der Waals surface area contributed by atoms with Crippen molar-refractivity contribution in [3.05, 3.63) is 24.3 Å². The van der Waals surface area contributed by atoms with Crippen LogP contribution in [0.4, 0.5) is 0 Å². The van der Waals surface area contributed by atoms with Crippen molar-refractivity contribution in [3.63, 3.8) is 0 Å². The van der Waals surface area contributed by atoms with Gasteiger partial charge >= 0.3 is 0 Å². The van der Waals surface area contributed by atoms with Crippen molar-refractivity contribution in [2.45, 2.75) is 32.1 Å². The average Bonchev–Trinajstić information content (AvgIpc) is 2.15. The molecule has 0 aliphatic carbocycles. The minimum atomic E-state index is 0.238. The van der Waals surface area contributed by atoms with Gasteiger partial charge in [-0.3, -0.25) is 9.97 Å². The first-order valence-electron chi connectivity index (χ1n) is 4.59. The summed E-state index contributed by atoms with van der Waals surface area (Å²) in [6.07, 6.45) is 7.08. The highest BCUT2D eigenvalue weighted by Gasteiger charge is 2.09. The van der Waals surface area contributed by atoms with Crippen molar-refractivity contribution in [2.75, 3.05) is 0 Å². The van der Waals surface area contributed by atoms with Gasteiger partial charge in [0, 0.05) is 24.0 Å². The normalized spacial score (nSPS) is 13.2. The molecule has 72 valence electrons. The molecule has 13 heavy (non-hydrogen) atoms. The third kappa shape index (κ3) is 3.73. The summed E-state index contributed by atoms with van der Waals surface area (Å²) in [5, 5.41) is 0.238. The predicted molar refractivity (Wildman–Crippen MR) is 54.8 cm³/mol. The molecule has 0 saturated heterocycles. The Labute approximate surface area is 84.4 Å². The molecule has 0 fully saturated rings. The largest absolute Gasteiger partial charge is 0.261 e. The van der Waals surface area contributed by atoms with Crippen LogP contribution in [0.3, 0.4) is 0 Å². The van der Waals surface area contributed by atoms with Gasteiger partial charge in [-0.1, -0.05) is 13.8 Å². The predicted octanol–water partition coefficient (Wildman–Crippen LogP) is 2.67. The second kappa shape index (κ2) is 5.18. The standard InChI is InChI=1S/C10H15ClN2/c1-8(2)10(11)4-3-9-7-12-5-6-13-9/h5-8,10H,3-4H2,1-2H3. The molecule has 2 nitrogen and oxygen atoms in total. The summed E-state index contributed by atoms with van der Waals surface area (Å²) in [5.41, 5.74) is 1.02. The van der Waals surface area contributed by atoms with E-state index >= 15 is 0 Å². The van der Waals surface area contributed by atoms with Gasteiger partial charge in [-0.15, -0.1) is 11.6 Å². The number of nitrogens with zero attached hydrogens (tertiary/aromatic N) is 2. The Hall–Kier alpha value is -0.630. The zero-order valence-electron chi connectivity index (χ0n) is 8.07. The fraction of sp³-hybridized carbons (Fsp3) is 0.600. The van der Waals surface area contributed by atoms with Gasteiger partial charge in [0.25, 0.3) is 0 Å². The van der Waals surface area contributed by atoms with E-state index in [0.29, 0.717) is 5.92 Å². The molecule has 0 aliphatic heterocycles. The van der Waals surface area contributed by atoms with Gasteiger partial charge in [0.1, 0.15) is 0 Å². The molecule has 0 amide bonds. The van der Waals surface area contributed by atoms with Gasteiger partial charge < -0.3 is 0 Å². The maximum atomic E-state index is 6.12. The molecule has 0 aromatic carbocycles. The summed E-state index contributed by atoms with van der Waals surface area (Å²) in [6.45, 7) is 4.27. The summed E-state index contributed by atoms with van der Waals surface area (Å²) in [4.78, 5) is 8.19. The van der Waals surface area contributed by atoms with Crippen molar-refractivity contribution in [3.8, 4) is 0 Å². The van der Waals surface area contributed by atoms with Crippen LogP contribution in [0.5, 0.6) is 0 Å². The van der Waals surface area contributed by atoms with Crippen LogP contribution in [0.1, 0.15) is 26.0 Å². The first-order chi connectivity index (χ1) is 6.20. The Bertz CT molecular complexity index is 236. The minimum absolute atomic E-state index is 0.238. The zero-order chi connectivity index (χ0) is 9.68. The summed E-state index contributed by atoms with van der Waals surface area (Å²) >= 11 is 6.12. The molecule has 0 N–H and O–H groups in total. The number of hydrogen-bond donors (Lipinski definition) is 0. The van der Waals surface area contributed by atoms with Crippen molar-refractivity contribution < 1.29 is 0 Å². The Morgan fingerprint density at radius 1 is 1.38 bits per heavy atom. The monoisotopic (exact) mass is 198 g/mol. The lowest BCUT2D eigenvalue weighted by Gasteiger charge is -2.11. The molecule has 3 heteroatoms. The van der Waals surface area contributed by atoms with E-state index in [9.17, 15) is 0 Å². The van der Waals surface area contributed by atoms with Crippen LogP contribution in [0.25, 0.3) is 0 Å². The second-order valence-electron chi connectivity index (χ2n) is 3.50. The topological polar surface area (TPSA) is 25.8 Å². The summed E-state index contributed by atoms with van der Waals surface area (Å²) in [7, 11) is 0. The van der Waals surface area contributed by atoms with Gasteiger partial charge in [-0.25, -0.2) is 0 Å². The van der Waals surface area contributed by atoms with Gasteiger partial charge in [-0.05, 0) is 18.8 Å². The SMILES string of the molecule is CC(C)C(Cl)CCc1cnccn1. The lowest BCUT2D eigenvalue weighted by atomic mass is 10.0. The van der Waals surface area contributed by atoms with E-state index in [1.807, 2.05) is 0 Å². The highest BCUT2D eigenvalue weighted by Crippen LogP contribution is 2.15. The average molecular weight is 199 g/mol. The number of alkyl halides is 1. The number of aromatic nitrogens is 2. The molecular formula is C10H15ClN2. The van der Waals surface area contributed by atoms with Crippen molar-refractivity contribution in [2.24, 2.45) is 5.92 Å². The molecule has 1 unspecified atom stereocenters. The molecule has 0 bridgehead atoms. The molecule has 1 aromatic heterocycles. The quantitative estimate of drug-likeness (QED) is 0.696. The van der Waals surface area contributed by atoms with E-state index in [2.05, 4.69) is 23.8 Å². The Morgan fingerprint density at radius 3 is 2.69 bits per heavy atom. The molecule has 1 aromatic rings. The van der Waals surface area contributed by atoms with E-state index in [1.165, 1.54) is 0 Å². The van der Waals surface area contributed by atoms with Gasteiger partial charge in [0.15, 0.2) is 0 Å². The van der Waals surface area contributed by atoms with Crippen LogP contribution >= 0.6 is 11.6 Å². The fourth-order valence-electron chi connectivity index (χ4n) is 1.08. The Kier molecular flexibility index (Phi) is 4.16. The third-order valence-corrected chi connectivity index (χ3v) is 2.74. The zero-order valence-corrected chi connectivity index (χ0v) is 8.83. The smallest absolute Gasteiger partial charge is 0.0587 e. The number of rotatable bonds is 4. The molecule has 1 atom stereocenters. The third-order valence-electron chi connectivity index (χ3n) is 2.02. The van der Waals surface area contributed by atoms with E-state index in [1.54, 1.807) is 18.6 Å². The molecule has 1 heterocycles. The summed E-state index contributed by atoms with van der Waals surface area (Å²) in [5.74, 6) is 0.526. The van der Waals surface area contributed by atoms with Gasteiger partial charge in [0.05, 0.1) is 5.69 Å². The maximum absolute atomic E-state index is 6.12. The molecule has 0 radical (unpaired) electrons. The van der Waals surface area contributed by atoms with E-state index in [-0.39, 0.29) is 5.38 Å². The van der Waals surface area contributed by atoms with E-state index in [0.717, 1.165) is 18.5 Å². The lowest BCUT2D eigenvalue weighted by Crippen LogP contribution is -2.09. The van der Waals surface area contributed by atoms with Crippen LogP contribution < -0.4 is 0 Å². The van der Waals surface area contributed by atoms with Crippen LogP contribution in [0.15, 0.2) is 18.6 Å². The first-order valence-corrected chi connectivity index (χ1v) is 5.02. The number of halogens is 1. The van der Waals surface area contributed by atoms with Crippen LogP contribution in [0.2, 0.25) is 0 Å². The fourth-order valence-corrected chi connectivity index (χ4v) is 1.19. The molecule has 0 saturated carbocycles. The van der Waals surface area contributed by atoms with E-state index < -0.39 is 0 Å². The first kappa shape index (κ1) is 10.5. The number of hydrogen-bond acceptors (Lipinski definition) is 2. The maximum Gasteiger partial charge on any atom is 0.0587 e. The molecule has 0 aliphatic rings. The van der Waals surface area contributed by atoms with E-state index in [4.69, 9.17) is 11.6 Å². The molecular weight excluding hydrogens is 184 g/mol. The lowest BCUT2D eigenvalue weighted by molar-refractivity contribution is 0.562. The van der Waals surface area contributed by atoms with Crippen molar-refractivity contribution in [1.29, 1.82) is 0 Å². The highest BCUT2D eigenvalue weighted by molar-refractivity contribution is 6.20. The van der Waals surface area contributed by atoms with Crippen LogP contribution in [0, 0.1) is 5.92 Å². The summed E-state index contributed by atoms with van der Waals surface area (Å²) < 4.78 is 0. The van der Waals surface area contributed by atoms with Gasteiger partial charge in [-0.2, -0.15) is 0 Å². The van der Waals surface area contributed by atoms with Crippen molar-refractivity contribution in [1.82, 2.24) is 9.97 Å². The Morgan fingerprint density at radius 2 is 2.15 bits per heavy atom. The van der Waals surface area contributed by atoms with Crippen molar-refractivity contribution >= 4 is 11.6 Å². The second-order valence-corrected chi connectivity index (χ2v) is 4.06. The molecule has 0 spiro atoms. The van der Waals surface area contributed by atoms with Crippen LogP contribution in [-0.2, 0) is 6.42 Å². The van der Waals surface area contributed by atoms with Gasteiger partial charge in [0.2, 0.25) is 0 Å². The number of aryl methyl sites for hydroxylation is 1. The highest BCUT2D eigenvalue weighted by atomic mass is 35.5.